The van der Waals surface area contributed by atoms with Crippen LogP contribution < -0.4 is 0 Å². The summed E-state index contributed by atoms with van der Waals surface area (Å²) >= 11 is 0. The van der Waals surface area contributed by atoms with Crippen LogP contribution >= 0.6 is 0 Å². The summed E-state index contributed by atoms with van der Waals surface area (Å²) in [5.74, 6) is 1.31. The van der Waals surface area contributed by atoms with Gasteiger partial charge in [0.15, 0.2) is 0 Å². The quantitative estimate of drug-likeness (QED) is 0.425. The summed E-state index contributed by atoms with van der Waals surface area (Å²) in [6.07, 6.45) is 1.75. The van der Waals surface area contributed by atoms with Gasteiger partial charge in [0.1, 0.15) is 11.5 Å². The molecule has 0 unspecified atom stereocenters. The van der Waals surface area contributed by atoms with Crippen LogP contribution in [0.25, 0.3) is 33.7 Å². The predicted octanol–water partition coefficient (Wildman–Crippen LogP) is 6.04. The minimum atomic E-state index is 0.543. The van der Waals surface area contributed by atoms with Crippen molar-refractivity contribution >= 4 is 22.4 Å². The van der Waals surface area contributed by atoms with Gasteiger partial charge >= 0.3 is 0 Å². The maximum atomic E-state index is 9.60. The van der Waals surface area contributed by atoms with E-state index in [1.54, 1.807) is 18.2 Å². The molecule has 3 aromatic carbocycles. The highest BCUT2D eigenvalue weighted by molar-refractivity contribution is 5.93. The fraction of sp³-hybridized carbons (Fsp3) is 0. The van der Waals surface area contributed by atoms with Crippen molar-refractivity contribution in [1.29, 1.82) is 10.5 Å². The van der Waals surface area contributed by atoms with Gasteiger partial charge in [0.05, 0.1) is 23.3 Å². The average Bonchev–Trinajstić information content (AvgIpc) is 3.20. The molecule has 0 atom stereocenters. The molecule has 27 heavy (non-hydrogen) atoms. The summed E-state index contributed by atoms with van der Waals surface area (Å²) < 4.78 is 5.87. The van der Waals surface area contributed by atoms with Crippen LogP contribution in [0.15, 0.2) is 83.3 Å². The first-order valence-corrected chi connectivity index (χ1v) is 8.48. The lowest BCUT2D eigenvalue weighted by atomic mass is 10.0. The number of allylic oxidation sites excluding steroid dienone is 1. The zero-order valence-corrected chi connectivity index (χ0v) is 14.4. The van der Waals surface area contributed by atoms with Crippen molar-refractivity contribution in [3.8, 4) is 23.5 Å². The third-order valence-corrected chi connectivity index (χ3v) is 4.39. The molecule has 1 heterocycles. The van der Waals surface area contributed by atoms with E-state index in [0.29, 0.717) is 22.7 Å². The van der Waals surface area contributed by atoms with E-state index < -0.39 is 0 Å². The van der Waals surface area contributed by atoms with Crippen LogP contribution in [0.2, 0.25) is 0 Å². The lowest BCUT2D eigenvalue weighted by Crippen LogP contribution is -1.82. The van der Waals surface area contributed by atoms with E-state index in [9.17, 15) is 5.26 Å². The summed E-state index contributed by atoms with van der Waals surface area (Å²) in [5.41, 5.74) is 2.89. The molecule has 4 aromatic rings. The van der Waals surface area contributed by atoms with E-state index in [4.69, 9.17) is 9.68 Å². The highest BCUT2D eigenvalue weighted by Crippen LogP contribution is 2.27. The molecule has 0 saturated carbocycles. The zero-order valence-electron chi connectivity index (χ0n) is 14.4. The van der Waals surface area contributed by atoms with Crippen LogP contribution in [-0.2, 0) is 0 Å². The molecule has 126 valence electrons. The molecule has 0 N–H and O–H groups in total. The first-order chi connectivity index (χ1) is 13.3. The first kappa shape index (κ1) is 16.4. The van der Waals surface area contributed by atoms with Crippen LogP contribution in [0.3, 0.4) is 0 Å². The molecule has 0 aliphatic rings. The summed E-state index contributed by atoms with van der Waals surface area (Å²) in [4.78, 5) is 0. The molecule has 3 nitrogen and oxygen atoms in total. The molecule has 0 amide bonds. The maximum Gasteiger partial charge on any atom is 0.134 e. The fourth-order valence-electron chi connectivity index (χ4n) is 2.97. The van der Waals surface area contributed by atoms with Crippen molar-refractivity contribution < 1.29 is 4.42 Å². The fourth-order valence-corrected chi connectivity index (χ4v) is 2.97. The Morgan fingerprint density at radius 2 is 1.59 bits per heavy atom. The summed E-state index contributed by atoms with van der Waals surface area (Å²) in [7, 11) is 0. The molecule has 0 spiro atoms. The van der Waals surface area contributed by atoms with E-state index >= 15 is 0 Å². The van der Waals surface area contributed by atoms with Crippen molar-refractivity contribution in [1.82, 2.24) is 0 Å². The van der Waals surface area contributed by atoms with E-state index in [1.807, 2.05) is 66.7 Å². The summed E-state index contributed by atoms with van der Waals surface area (Å²) in [5, 5.41) is 20.7. The van der Waals surface area contributed by atoms with E-state index in [-0.39, 0.29) is 0 Å². The topological polar surface area (TPSA) is 60.7 Å². The number of furan rings is 1. The van der Waals surface area contributed by atoms with E-state index in [0.717, 1.165) is 21.9 Å². The second-order valence-corrected chi connectivity index (χ2v) is 6.12. The highest BCUT2D eigenvalue weighted by atomic mass is 16.3. The Labute approximate surface area is 157 Å². The number of hydrogen-bond donors (Lipinski definition) is 0. The Morgan fingerprint density at radius 1 is 0.815 bits per heavy atom. The third kappa shape index (κ3) is 3.35. The number of hydrogen-bond acceptors (Lipinski definition) is 3. The van der Waals surface area contributed by atoms with Crippen molar-refractivity contribution in [2.24, 2.45) is 0 Å². The van der Waals surface area contributed by atoms with Crippen LogP contribution in [0.4, 0.5) is 0 Å². The molecule has 0 radical (unpaired) electrons. The SMILES string of the molecule is N#C/C(=C/c1ccc(-c2ccc(C#N)cc2)o1)c1ccc2ccccc2c1. The second kappa shape index (κ2) is 7.04. The predicted molar refractivity (Wildman–Crippen MR) is 106 cm³/mol. The Balaban J connectivity index is 1.67. The smallest absolute Gasteiger partial charge is 0.134 e. The first-order valence-electron chi connectivity index (χ1n) is 8.48. The third-order valence-electron chi connectivity index (χ3n) is 4.39. The van der Waals surface area contributed by atoms with Gasteiger partial charge in [0, 0.05) is 5.56 Å². The molecule has 3 heteroatoms. The summed E-state index contributed by atoms with van der Waals surface area (Å²) in [6, 6.07) is 29.3. The van der Waals surface area contributed by atoms with Gasteiger partial charge in [-0.05, 0) is 64.9 Å². The van der Waals surface area contributed by atoms with Gasteiger partial charge in [-0.2, -0.15) is 10.5 Å². The Kier molecular flexibility index (Phi) is 4.27. The Morgan fingerprint density at radius 3 is 2.33 bits per heavy atom. The molecule has 0 fully saturated rings. The maximum absolute atomic E-state index is 9.60. The van der Waals surface area contributed by atoms with Gasteiger partial charge in [-0.3, -0.25) is 0 Å². The number of nitrogens with zero attached hydrogens (tertiary/aromatic N) is 2. The largest absolute Gasteiger partial charge is 0.457 e. The summed E-state index contributed by atoms with van der Waals surface area (Å²) in [6.45, 7) is 0. The molecular weight excluding hydrogens is 332 g/mol. The minimum absolute atomic E-state index is 0.543. The van der Waals surface area contributed by atoms with Gasteiger partial charge in [0.25, 0.3) is 0 Å². The monoisotopic (exact) mass is 346 g/mol. The van der Waals surface area contributed by atoms with Crippen molar-refractivity contribution in [2.75, 3.05) is 0 Å². The normalized spacial score (nSPS) is 11.1. The Bertz CT molecular complexity index is 1230. The number of fused-ring (bicyclic) bond motifs is 1. The van der Waals surface area contributed by atoms with Gasteiger partial charge in [-0.1, -0.05) is 36.4 Å². The van der Waals surface area contributed by atoms with Crippen LogP contribution in [0, 0.1) is 22.7 Å². The van der Waals surface area contributed by atoms with Crippen molar-refractivity contribution in [3.63, 3.8) is 0 Å². The standard InChI is InChI=1S/C24H14N2O/c25-15-17-5-7-19(8-6-17)24-12-11-23(27-24)14-22(16-26)21-10-9-18-3-1-2-4-20(18)13-21/h1-14H/b22-14-. The molecule has 0 aliphatic carbocycles. The molecule has 0 aliphatic heterocycles. The average molecular weight is 346 g/mol. The van der Waals surface area contributed by atoms with Gasteiger partial charge in [-0.25, -0.2) is 0 Å². The lowest BCUT2D eigenvalue weighted by molar-refractivity contribution is 0.572. The zero-order chi connectivity index (χ0) is 18.6. The molecule has 0 bridgehead atoms. The highest BCUT2D eigenvalue weighted by Gasteiger charge is 2.07. The number of benzene rings is 3. The van der Waals surface area contributed by atoms with Crippen LogP contribution in [0.1, 0.15) is 16.9 Å². The van der Waals surface area contributed by atoms with Crippen molar-refractivity contribution in [2.45, 2.75) is 0 Å². The van der Waals surface area contributed by atoms with Crippen LogP contribution in [-0.4, -0.2) is 0 Å². The number of rotatable bonds is 3. The van der Waals surface area contributed by atoms with Gasteiger partial charge < -0.3 is 4.42 Å². The van der Waals surface area contributed by atoms with E-state index in [1.165, 1.54) is 0 Å². The van der Waals surface area contributed by atoms with Gasteiger partial charge in [0.2, 0.25) is 0 Å². The number of nitriles is 2. The molecule has 1 aromatic heterocycles. The van der Waals surface area contributed by atoms with E-state index in [2.05, 4.69) is 12.1 Å². The van der Waals surface area contributed by atoms with Crippen molar-refractivity contribution in [3.05, 3.63) is 95.7 Å². The second-order valence-electron chi connectivity index (χ2n) is 6.12. The van der Waals surface area contributed by atoms with Gasteiger partial charge in [-0.15, -0.1) is 0 Å². The lowest BCUT2D eigenvalue weighted by Gasteiger charge is -2.02. The molecular formula is C24H14N2O. The van der Waals surface area contributed by atoms with Crippen LogP contribution in [0.5, 0.6) is 0 Å². The molecule has 4 rings (SSSR count). The molecule has 0 saturated heterocycles. The minimum Gasteiger partial charge on any atom is -0.457 e. The Hall–Kier alpha value is -4.08.